The average Bonchev–Trinajstić information content (AvgIpc) is 3.02. The van der Waals surface area contributed by atoms with Gasteiger partial charge in [0.2, 0.25) is 11.9 Å². The topological polar surface area (TPSA) is 78.0 Å². The Labute approximate surface area is 158 Å². The van der Waals surface area contributed by atoms with Gasteiger partial charge in [0.15, 0.2) is 0 Å². The van der Waals surface area contributed by atoms with Crippen molar-refractivity contribution in [3.63, 3.8) is 0 Å². The van der Waals surface area contributed by atoms with E-state index in [-0.39, 0.29) is 30.4 Å². The summed E-state index contributed by atoms with van der Waals surface area (Å²) >= 11 is 0. The van der Waals surface area contributed by atoms with E-state index in [1.807, 2.05) is 48.0 Å². The van der Waals surface area contributed by atoms with Crippen molar-refractivity contribution in [2.24, 2.45) is 0 Å². The first kappa shape index (κ1) is 18.1. The number of benzene rings is 2. The molecule has 2 atom stereocenters. The zero-order valence-corrected chi connectivity index (χ0v) is 15.3. The maximum atomic E-state index is 5.87. The molecule has 1 aliphatic heterocycles. The highest BCUT2D eigenvalue weighted by molar-refractivity contribution is 5.85. The molecule has 0 bridgehead atoms. The van der Waals surface area contributed by atoms with Gasteiger partial charge in [-0.15, -0.1) is 17.5 Å². The molecular formula is C19H22ClN5O. The minimum Gasteiger partial charge on any atom is -0.494 e. The Morgan fingerprint density at radius 2 is 1.88 bits per heavy atom. The molecule has 3 aromatic rings. The summed E-state index contributed by atoms with van der Waals surface area (Å²) in [4.78, 5) is 4.36. The minimum atomic E-state index is 0. The van der Waals surface area contributed by atoms with E-state index in [0.717, 1.165) is 17.7 Å². The Kier molecular flexibility index (Phi) is 5.32. The molecule has 2 heterocycles. The van der Waals surface area contributed by atoms with Gasteiger partial charge in [-0.3, -0.25) is 0 Å². The van der Waals surface area contributed by atoms with Crippen molar-refractivity contribution in [1.29, 1.82) is 0 Å². The van der Waals surface area contributed by atoms with Gasteiger partial charge in [-0.05, 0) is 25.0 Å². The summed E-state index contributed by atoms with van der Waals surface area (Å²) in [5.41, 5.74) is 8.18. The summed E-state index contributed by atoms with van der Waals surface area (Å²) in [5, 5.41) is 7.86. The van der Waals surface area contributed by atoms with Gasteiger partial charge in [0.1, 0.15) is 5.75 Å². The number of ether oxygens (including phenoxy) is 1. The summed E-state index contributed by atoms with van der Waals surface area (Å²) in [5.74, 6) is 1.84. The number of halogens is 1. The first-order valence-corrected chi connectivity index (χ1v) is 8.51. The van der Waals surface area contributed by atoms with Crippen molar-refractivity contribution in [2.75, 3.05) is 17.7 Å². The number of nitrogens with one attached hydrogen (secondary N) is 1. The molecule has 0 aliphatic carbocycles. The van der Waals surface area contributed by atoms with Crippen LogP contribution >= 0.6 is 12.4 Å². The molecule has 0 saturated heterocycles. The first-order chi connectivity index (χ1) is 12.3. The highest BCUT2D eigenvalue weighted by Gasteiger charge is 2.32. The number of nitrogen functional groups attached to an aromatic ring is 1. The Bertz CT molecular complexity index is 867. The summed E-state index contributed by atoms with van der Waals surface area (Å²) in [6.45, 7) is 2.61. The van der Waals surface area contributed by atoms with Gasteiger partial charge < -0.3 is 15.8 Å². The van der Waals surface area contributed by atoms with Crippen molar-refractivity contribution in [3.05, 3.63) is 65.7 Å². The van der Waals surface area contributed by atoms with Crippen molar-refractivity contribution in [1.82, 2.24) is 14.8 Å². The molecule has 0 spiro atoms. The second kappa shape index (κ2) is 7.66. The average molecular weight is 372 g/mol. The number of hydrogen-bond donors (Lipinski definition) is 2. The van der Waals surface area contributed by atoms with Crippen LogP contribution in [0.2, 0.25) is 0 Å². The monoisotopic (exact) mass is 371 g/mol. The van der Waals surface area contributed by atoms with Crippen molar-refractivity contribution < 1.29 is 4.74 Å². The zero-order valence-electron chi connectivity index (χ0n) is 14.5. The number of para-hydroxylation sites is 1. The van der Waals surface area contributed by atoms with Gasteiger partial charge in [-0.1, -0.05) is 48.5 Å². The molecule has 136 valence electrons. The number of nitrogens with two attached hydrogens (primary N) is 1. The van der Waals surface area contributed by atoms with Crippen molar-refractivity contribution in [3.8, 4) is 5.75 Å². The van der Waals surface area contributed by atoms with Gasteiger partial charge in [-0.2, -0.15) is 4.98 Å². The maximum absolute atomic E-state index is 5.87. The van der Waals surface area contributed by atoms with Crippen LogP contribution in [0.1, 0.15) is 36.6 Å². The van der Waals surface area contributed by atoms with E-state index in [1.54, 1.807) is 0 Å². The lowest BCUT2D eigenvalue weighted by atomic mass is 9.93. The summed E-state index contributed by atoms with van der Waals surface area (Å²) in [7, 11) is 0. The molecule has 0 amide bonds. The van der Waals surface area contributed by atoms with Gasteiger partial charge in [0, 0.05) is 5.56 Å². The van der Waals surface area contributed by atoms with E-state index in [0.29, 0.717) is 12.6 Å². The second-order valence-corrected chi connectivity index (χ2v) is 6.07. The van der Waals surface area contributed by atoms with Crippen molar-refractivity contribution in [2.45, 2.75) is 25.4 Å². The lowest BCUT2D eigenvalue weighted by Gasteiger charge is -2.32. The fourth-order valence-corrected chi connectivity index (χ4v) is 3.40. The fraction of sp³-hybridized carbons (Fsp3) is 0.263. The molecule has 2 unspecified atom stereocenters. The molecule has 7 heteroatoms. The largest absolute Gasteiger partial charge is 0.494 e. The van der Waals surface area contributed by atoms with E-state index in [9.17, 15) is 0 Å². The van der Waals surface area contributed by atoms with Crippen LogP contribution in [0.4, 0.5) is 11.9 Å². The molecule has 1 aliphatic rings. The van der Waals surface area contributed by atoms with Crippen molar-refractivity contribution >= 4 is 24.3 Å². The Balaban J connectivity index is 0.00000196. The van der Waals surface area contributed by atoms with Gasteiger partial charge in [-0.25, -0.2) is 4.68 Å². The van der Waals surface area contributed by atoms with Gasteiger partial charge in [0.25, 0.3) is 0 Å². The summed E-state index contributed by atoms with van der Waals surface area (Å²) in [6, 6.07) is 18.6. The summed E-state index contributed by atoms with van der Waals surface area (Å²) in [6.07, 6.45) is 0.837. The van der Waals surface area contributed by atoms with Crippen LogP contribution in [-0.4, -0.2) is 21.4 Å². The quantitative estimate of drug-likeness (QED) is 0.728. The molecule has 0 radical (unpaired) electrons. The zero-order chi connectivity index (χ0) is 17.2. The Hall–Kier alpha value is -2.73. The number of aromatic nitrogens is 3. The third-order valence-electron chi connectivity index (χ3n) is 4.48. The number of rotatable bonds is 4. The lowest BCUT2D eigenvalue weighted by Crippen LogP contribution is -2.28. The molecule has 6 nitrogen and oxygen atoms in total. The van der Waals surface area contributed by atoms with Crippen LogP contribution in [0.3, 0.4) is 0 Å². The Morgan fingerprint density at radius 3 is 2.65 bits per heavy atom. The molecular weight excluding hydrogens is 350 g/mol. The highest BCUT2D eigenvalue weighted by Crippen LogP contribution is 2.40. The van der Waals surface area contributed by atoms with Crippen LogP contribution in [0, 0.1) is 0 Å². The molecule has 4 rings (SSSR count). The number of nitrogens with zero attached hydrogens (tertiary/aromatic N) is 3. The van der Waals surface area contributed by atoms with Crippen LogP contribution in [0.25, 0.3) is 0 Å². The Morgan fingerprint density at radius 1 is 1.15 bits per heavy atom. The standard InChI is InChI=1S/C19H21N5O.ClH/c1-2-25-17-11-7-6-10-14(17)16-12-15(13-8-4-3-5-9-13)21-19-22-18(20)23-24(16)19;/h3-11,15-16H,2,12H2,1H3,(H3,20,21,22,23);1H. The summed E-state index contributed by atoms with van der Waals surface area (Å²) < 4.78 is 7.71. The van der Waals surface area contributed by atoms with Gasteiger partial charge in [0.05, 0.1) is 18.7 Å². The minimum absolute atomic E-state index is 0. The van der Waals surface area contributed by atoms with E-state index in [2.05, 4.69) is 33.6 Å². The molecule has 3 N–H and O–H groups in total. The molecule has 0 saturated carbocycles. The SMILES string of the molecule is CCOc1ccccc1C1CC(c2ccccc2)Nc2nc(N)nn21.Cl. The van der Waals surface area contributed by atoms with E-state index < -0.39 is 0 Å². The van der Waals surface area contributed by atoms with Crippen LogP contribution in [0.15, 0.2) is 54.6 Å². The predicted molar refractivity (Wildman–Crippen MR) is 105 cm³/mol. The number of hydrogen-bond acceptors (Lipinski definition) is 5. The third-order valence-corrected chi connectivity index (χ3v) is 4.48. The molecule has 0 fully saturated rings. The molecule has 1 aromatic heterocycles. The van der Waals surface area contributed by atoms with E-state index in [1.165, 1.54) is 5.56 Å². The maximum Gasteiger partial charge on any atom is 0.241 e. The molecule has 2 aromatic carbocycles. The first-order valence-electron chi connectivity index (χ1n) is 8.51. The van der Waals surface area contributed by atoms with E-state index >= 15 is 0 Å². The normalized spacial score (nSPS) is 18.3. The smallest absolute Gasteiger partial charge is 0.241 e. The number of anilines is 2. The number of fused-ring (bicyclic) bond motifs is 1. The van der Waals surface area contributed by atoms with Crippen LogP contribution < -0.4 is 15.8 Å². The molecule has 26 heavy (non-hydrogen) atoms. The fourth-order valence-electron chi connectivity index (χ4n) is 3.40. The van der Waals surface area contributed by atoms with E-state index in [4.69, 9.17) is 10.5 Å². The second-order valence-electron chi connectivity index (χ2n) is 6.07. The highest BCUT2D eigenvalue weighted by atomic mass is 35.5. The van der Waals surface area contributed by atoms with Crippen LogP contribution in [0.5, 0.6) is 5.75 Å². The van der Waals surface area contributed by atoms with Gasteiger partial charge >= 0.3 is 0 Å². The lowest BCUT2D eigenvalue weighted by molar-refractivity contribution is 0.325. The third kappa shape index (κ3) is 3.32. The predicted octanol–water partition coefficient (Wildman–Crippen LogP) is 3.83. The van der Waals surface area contributed by atoms with Crippen LogP contribution in [-0.2, 0) is 0 Å².